The van der Waals surface area contributed by atoms with E-state index >= 15 is 0 Å². The monoisotopic (exact) mass is 384 g/mol. The Morgan fingerprint density at radius 1 is 1.26 bits per heavy atom. The van der Waals surface area contributed by atoms with Crippen LogP contribution >= 0.6 is 11.6 Å². The van der Waals surface area contributed by atoms with Gasteiger partial charge in [0.1, 0.15) is 5.82 Å². The molecule has 0 aliphatic heterocycles. The Bertz CT molecular complexity index is 1090. The van der Waals surface area contributed by atoms with Crippen LogP contribution in [0.2, 0.25) is 0 Å². The van der Waals surface area contributed by atoms with Crippen molar-refractivity contribution in [3.63, 3.8) is 0 Å². The number of nitrogens with one attached hydrogen (secondary N) is 1. The van der Waals surface area contributed by atoms with E-state index in [2.05, 4.69) is 15.3 Å². The minimum Gasteiger partial charge on any atom is -0.325 e. The Morgan fingerprint density at radius 2 is 2.00 bits per heavy atom. The summed E-state index contributed by atoms with van der Waals surface area (Å²) in [4.78, 5) is 33.8. The summed E-state index contributed by atoms with van der Waals surface area (Å²) >= 11 is 5.87. The van der Waals surface area contributed by atoms with Crippen molar-refractivity contribution in [3.05, 3.63) is 58.3 Å². The van der Waals surface area contributed by atoms with Crippen LogP contribution in [0.1, 0.15) is 25.2 Å². The fraction of sp³-hybridized carbons (Fsp3) is 0.300. The summed E-state index contributed by atoms with van der Waals surface area (Å²) < 4.78 is 1.55. The molecule has 3 rings (SSSR count). The molecule has 0 atom stereocenters. The Kier molecular flexibility index (Phi) is 5.02. The summed E-state index contributed by atoms with van der Waals surface area (Å²) in [6, 6.07) is 8.85. The number of aromatic nitrogens is 3. The van der Waals surface area contributed by atoms with Crippen LogP contribution in [0.5, 0.6) is 0 Å². The van der Waals surface area contributed by atoms with Gasteiger partial charge in [-0.25, -0.2) is 9.97 Å². The summed E-state index contributed by atoms with van der Waals surface area (Å²) in [7, 11) is 0. The maximum absolute atomic E-state index is 12.9. The number of hydrogen-bond donors (Lipinski definition) is 1. The number of hydrogen-bond acceptors (Lipinski definition) is 4. The van der Waals surface area contributed by atoms with E-state index in [-0.39, 0.29) is 17.3 Å². The molecular formula is C20H21ClN4O2. The highest BCUT2D eigenvalue weighted by molar-refractivity contribution is 6.20. The molecule has 27 heavy (non-hydrogen) atoms. The molecule has 1 amide bonds. The number of carbonyl (C=O) groups is 1. The number of fused-ring (bicyclic) bond motifs is 1. The summed E-state index contributed by atoms with van der Waals surface area (Å²) in [5, 5.41) is 3.36. The molecule has 0 saturated carbocycles. The van der Waals surface area contributed by atoms with E-state index in [0.29, 0.717) is 28.2 Å². The van der Waals surface area contributed by atoms with Gasteiger partial charge in [0.25, 0.3) is 5.56 Å². The lowest BCUT2D eigenvalue weighted by molar-refractivity contribution is -0.122. The lowest BCUT2D eigenvalue weighted by Crippen LogP contribution is -2.32. The second-order valence-electron chi connectivity index (χ2n) is 7.15. The molecule has 2 heterocycles. The van der Waals surface area contributed by atoms with Gasteiger partial charge in [0.05, 0.1) is 16.5 Å². The van der Waals surface area contributed by atoms with Crippen molar-refractivity contribution in [1.82, 2.24) is 14.5 Å². The Hall–Kier alpha value is -2.73. The molecule has 0 bridgehead atoms. The number of carbonyl (C=O) groups excluding carboxylic acids is 1. The maximum atomic E-state index is 12.9. The predicted octanol–water partition coefficient (Wildman–Crippen LogP) is 3.60. The fourth-order valence-electron chi connectivity index (χ4n) is 2.71. The molecule has 0 aliphatic carbocycles. The summed E-state index contributed by atoms with van der Waals surface area (Å²) in [5.41, 5.74) is 1.79. The van der Waals surface area contributed by atoms with Crippen molar-refractivity contribution >= 4 is 34.2 Å². The highest BCUT2D eigenvalue weighted by Crippen LogP contribution is 2.24. The maximum Gasteiger partial charge on any atom is 0.267 e. The van der Waals surface area contributed by atoms with Gasteiger partial charge in [0, 0.05) is 17.8 Å². The molecular weight excluding hydrogens is 364 g/mol. The number of anilines is 1. The molecule has 3 aromatic rings. The second kappa shape index (κ2) is 7.12. The molecule has 0 unspecified atom stereocenters. The topological polar surface area (TPSA) is 76.9 Å². The zero-order chi connectivity index (χ0) is 19.8. The average Bonchev–Trinajstić information content (AvgIpc) is 2.63. The van der Waals surface area contributed by atoms with E-state index in [4.69, 9.17) is 11.6 Å². The number of rotatable bonds is 4. The van der Waals surface area contributed by atoms with Gasteiger partial charge >= 0.3 is 0 Å². The zero-order valence-electron chi connectivity index (χ0n) is 15.7. The average molecular weight is 385 g/mol. The normalized spacial score (nSPS) is 11.6. The van der Waals surface area contributed by atoms with Gasteiger partial charge in [0.2, 0.25) is 5.91 Å². The molecule has 0 radical (unpaired) electrons. The molecule has 1 aromatic carbocycles. The lowest BCUT2D eigenvalue weighted by atomic mass is 9.95. The third-order valence-corrected chi connectivity index (χ3v) is 5.14. The van der Waals surface area contributed by atoms with E-state index in [0.717, 1.165) is 5.56 Å². The highest BCUT2D eigenvalue weighted by Gasteiger charge is 2.26. The first kappa shape index (κ1) is 19.0. The third-order valence-electron chi connectivity index (χ3n) is 4.48. The van der Waals surface area contributed by atoms with Gasteiger partial charge in [-0.1, -0.05) is 0 Å². The third kappa shape index (κ3) is 3.57. The number of aryl methyl sites for hydroxylation is 2. The first-order valence-corrected chi connectivity index (χ1v) is 9.11. The van der Waals surface area contributed by atoms with Crippen LogP contribution in [0.4, 0.5) is 5.69 Å². The van der Waals surface area contributed by atoms with Gasteiger partial charge in [0.15, 0.2) is 5.65 Å². The summed E-state index contributed by atoms with van der Waals surface area (Å²) in [6.07, 6.45) is 1.61. The first-order valence-electron chi connectivity index (χ1n) is 8.57. The number of pyridine rings is 1. The number of amides is 1. The molecule has 2 aromatic heterocycles. The quantitative estimate of drug-likeness (QED) is 0.697. The van der Waals surface area contributed by atoms with Crippen LogP contribution in [-0.4, -0.2) is 26.3 Å². The number of halogens is 1. The molecule has 0 spiro atoms. The number of nitrogens with zero attached hydrogens (tertiary/aromatic N) is 3. The molecule has 140 valence electrons. The van der Waals surface area contributed by atoms with Crippen LogP contribution in [0, 0.1) is 19.3 Å². The van der Waals surface area contributed by atoms with Crippen molar-refractivity contribution in [3.8, 4) is 5.69 Å². The van der Waals surface area contributed by atoms with Crippen molar-refractivity contribution in [2.24, 2.45) is 5.41 Å². The number of benzene rings is 1. The highest BCUT2D eigenvalue weighted by atomic mass is 35.5. The van der Waals surface area contributed by atoms with Crippen molar-refractivity contribution in [1.29, 1.82) is 0 Å². The molecule has 0 saturated heterocycles. The Balaban J connectivity index is 2.03. The van der Waals surface area contributed by atoms with E-state index in [1.807, 2.05) is 13.0 Å². The van der Waals surface area contributed by atoms with E-state index in [1.165, 1.54) is 0 Å². The predicted molar refractivity (Wildman–Crippen MR) is 108 cm³/mol. The van der Waals surface area contributed by atoms with Gasteiger partial charge in [-0.15, -0.1) is 11.6 Å². The lowest BCUT2D eigenvalue weighted by Gasteiger charge is -2.21. The SMILES string of the molecule is Cc1cc(-n2c(C)nc3ncccc3c2=O)ccc1NC(=O)C(C)(C)CCl. The molecule has 7 heteroatoms. The van der Waals surface area contributed by atoms with Crippen LogP contribution in [0.25, 0.3) is 16.7 Å². The number of alkyl halides is 1. The molecule has 1 N–H and O–H groups in total. The fourth-order valence-corrected chi connectivity index (χ4v) is 2.83. The molecule has 0 aliphatic rings. The van der Waals surface area contributed by atoms with Crippen molar-refractivity contribution in [2.45, 2.75) is 27.7 Å². The minimum absolute atomic E-state index is 0.153. The van der Waals surface area contributed by atoms with Crippen molar-refractivity contribution in [2.75, 3.05) is 11.2 Å². The summed E-state index contributed by atoms with van der Waals surface area (Å²) in [5.74, 6) is 0.618. The van der Waals surface area contributed by atoms with Gasteiger partial charge in [-0.3, -0.25) is 14.2 Å². The zero-order valence-corrected chi connectivity index (χ0v) is 16.5. The standard InChI is InChI=1S/C20H21ClN4O2/c1-12-10-14(7-8-16(12)24-19(27)20(3,4)11-21)25-13(2)23-17-15(18(25)26)6-5-9-22-17/h5-10H,11H2,1-4H3,(H,24,27). The largest absolute Gasteiger partial charge is 0.325 e. The summed E-state index contributed by atoms with van der Waals surface area (Å²) in [6.45, 7) is 7.22. The van der Waals surface area contributed by atoms with E-state index in [1.54, 1.807) is 55.8 Å². The van der Waals surface area contributed by atoms with Gasteiger partial charge in [-0.2, -0.15) is 0 Å². The second-order valence-corrected chi connectivity index (χ2v) is 7.41. The van der Waals surface area contributed by atoms with Crippen LogP contribution < -0.4 is 10.9 Å². The van der Waals surface area contributed by atoms with Crippen molar-refractivity contribution < 1.29 is 4.79 Å². The Morgan fingerprint density at radius 3 is 2.67 bits per heavy atom. The van der Waals surface area contributed by atoms with Gasteiger partial charge < -0.3 is 5.32 Å². The van der Waals surface area contributed by atoms with Crippen LogP contribution in [-0.2, 0) is 4.79 Å². The first-order chi connectivity index (χ1) is 12.7. The minimum atomic E-state index is -0.671. The van der Waals surface area contributed by atoms with Crippen LogP contribution in [0.3, 0.4) is 0 Å². The smallest absolute Gasteiger partial charge is 0.267 e. The van der Waals surface area contributed by atoms with E-state index < -0.39 is 5.41 Å². The van der Waals surface area contributed by atoms with Gasteiger partial charge in [-0.05, 0) is 63.6 Å². The van der Waals surface area contributed by atoms with E-state index in [9.17, 15) is 9.59 Å². The Labute approximate surface area is 162 Å². The molecule has 6 nitrogen and oxygen atoms in total. The molecule has 0 fully saturated rings. The van der Waals surface area contributed by atoms with Crippen LogP contribution in [0.15, 0.2) is 41.3 Å².